The minimum Gasteiger partial charge on any atom is -0.497 e. The first kappa shape index (κ1) is 13.5. The van der Waals surface area contributed by atoms with Gasteiger partial charge in [0.2, 0.25) is 0 Å². The molecule has 0 aromatic heterocycles. The van der Waals surface area contributed by atoms with Crippen molar-refractivity contribution in [3.05, 3.63) is 65.2 Å². The number of hydrogen-bond acceptors (Lipinski definition) is 2. The first-order valence-electron chi connectivity index (χ1n) is 5.93. The number of hydrogen-bond donors (Lipinski definition) is 1. The Morgan fingerprint density at radius 3 is 2.63 bits per heavy atom. The first-order valence-corrected chi connectivity index (χ1v) is 5.93. The van der Waals surface area contributed by atoms with Crippen molar-refractivity contribution < 1.29 is 13.5 Å². The number of rotatable bonds is 4. The zero-order chi connectivity index (χ0) is 13.8. The van der Waals surface area contributed by atoms with Gasteiger partial charge in [-0.1, -0.05) is 18.2 Å². The molecule has 0 spiro atoms. The van der Waals surface area contributed by atoms with E-state index in [1.165, 1.54) is 12.1 Å². The molecular weight excluding hydrogens is 248 g/mol. The highest BCUT2D eigenvalue weighted by molar-refractivity contribution is 5.31. The lowest BCUT2D eigenvalue weighted by molar-refractivity contribution is 0.414. The maximum Gasteiger partial charge on any atom is 0.130 e. The number of ether oxygens (including phenoxy) is 1. The average molecular weight is 263 g/mol. The van der Waals surface area contributed by atoms with Gasteiger partial charge >= 0.3 is 0 Å². The van der Waals surface area contributed by atoms with E-state index < -0.39 is 17.7 Å². The van der Waals surface area contributed by atoms with Crippen LogP contribution in [0, 0.1) is 11.6 Å². The Labute approximate surface area is 110 Å². The second-order valence-corrected chi connectivity index (χ2v) is 4.33. The summed E-state index contributed by atoms with van der Waals surface area (Å²) in [4.78, 5) is 0. The molecule has 0 fully saturated rings. The van der Waals surface area contributed by atoms with Gasteiger partial charge in [-0.2, -0.15) is 0 Å². The summed E-state index contributed by atoms with van der Waals surface area (Å²) in [6, 6.07) is 10.3. The Morgan fingerprint density at radius 2 is 1.95 bits per heavy atom. The van der Waals surface area contributed by atoms with Crippen molar-refractivity contribution in [1.29, 1.82) is 0 Å². The normalized spacial score (nSPS) is 12.2. The van der Waals surface area contributed by atoms with Gasteiger partial charge in [-0.05, 0) is 30.2 Å². The van der Waals surface area contributed by atoms with Gasteiger partial charge in [0.15, 0.2) is 0 Å². The van der Waals surface area contributed by atoms with E-state index in [1.807, 2.05) is 24.3 Å². The number of methoxy groups -OCH3 is 1. The summed E-state index contributed by atoms with van der Waals surface area (Å²) < 4.78 is 31.6. The molecule has 0 heterocycles. The van der Waals surface area contributed by atoms with Crippen LogP contribution in [0.2, 0.25) is 0 Å². The lowest BCUT2D eigenvalue weighted by atomic mass is 9.99. The van der Waals surface area contributed by atoms with Gasteiger partial charge in [-0.3, -0.25) is 0 Å². The molecule has 0 saturated heterocycles. The third-order valence-corrected chi connectivity index (χ3v) is 2.95. The second-order valence-electron chi connectivity index (χ2n) is 4.33. The molecule has 0 aliphatic carbocycles. The SMILES string of the molecule is COc1cccc(CC(N)c2ccc(F)cc2F)c1. The summed E-state index contributed by atoms with van der Waals surface area (Å²) in [5.41, 5.74) is 7.22. The van der Waals surface area contributed by atoms with Gasteiger partial charge in [0.1, 0.15) is 17.4 Å². The van der Waals surface area contributed by atoms with E-state index in [9.17, 15) is 8.78 Å². The highest BCUT2D eigenvalue weighted by Crippen LogP contribution is 2.22. The number of nitrogens with two attached hydrogens (primary N) is 1. The molecule has 0 bridgehead atoms. The molecule has 1 atom stereocenters. The van der Waals surface area contributed by atoms with Crippen molar-refractivity contribution in [2.24, 2.45) is 5.73 Å². The maximum atomic E-state index is 13.6. The van der Waals surface area contributed by atoms with Gasteiger partial charge in [-0.25, -0.2) is 8.78 Å². The minimum atomic E-state index is -0.615. The van der Waals surface area contributed by atoms with Crippen molar-refractivity contribution >= 4 is 0 Å². The molecule has 19 heavy (non-hydrogen) atoms. The van der Waals surface area contributed by atoms with Crippen LogP contribution in [0.3, 0.4) is 0 Å². The summed E-state index contributed by atoms with van der Waals surface area (Å²) >= 11 is 0. The molecule has 0 aliphatic heterocycles. The van der Waals surface area contributed by atoms with Crippen molar-refractivity contribution in [3.8, 4) is 5.75 Å². The molecule has 0 radical (unpaired) electrons. The van der Waals surface area contributed by atoms with Crippen LogP contribution in [0.5, 0.6) is 5.75 Å². The van der Waals surface area contributed by atoms with Gasteiger partial charge < -0.3 is 10.5 Å². The maximum absolute atomic E-state index is 13.6. The second kappa shape index (κ2) is 5.80. The van der Waals surface area contributed by atoms with Crippen molar-refractivity contribution in [3.63, 3.8) is 0 Å². The van der Waals surface area contributed by atoms with Crippen LogP contribution >= 0.6 is 0 Å². The van der Waals surface area contributed by atoms with Crippen LogP contribution in [0.15, 0.2) is 42.5 Å². The van der Waals surface area contributed by atoms with Gasteiger partial charge in [-0.15, -0.1) is 0 Å². The topological polar surface area (TPSA) is 35.2 Å². The van der Waals surface area contributed by atoms with Crippen molar-refractivity contribution in [1.82, 2.24) is 0 Å². The van der Waals surface area contributed by atoms with Gasteiger partial charge in [0.25, 0.3) is 0 Å². The fourth-order valence-corrected chi connectivity index (χ4v) is 1.97. The average Bonchev–Trinajstić information content (AvgIpc) is 2.38. The Bertz CT molecular complexity index is 572. The highest BCUT2D eigenvalue weighted by Gasteiger charge is 2.13. The molecule has 0 amide bonds. The lowest BCUT2D eigenvalue weighted by Gasteiger charge is -2.13. The molecule has 2 nitrogen and oxygen atoms in total. The lowest BCUT2D eigenvalue weighted by Crippen LogP contribution is -2.15. The van der Waals surface area contributed by atoms with Crippen molar-refractivity contribution in [2.45, 2.75) is 12.5 Å². The molecule has 2 aromatic rings. The van der Waals surface area contributed by atoms with Crippen molar-refractivity contribution in [2.75, 3.05) is 7.11 Å². The Hall–Kier alpha value is -1.94. The smallest absolute Gasteiger partial charge is 0.130 e. The van der Waals surface area contributed by atoms with E-state index in [1.54, 1.807) is 7.11 Å². The van der Waals surface area contributed by atoms with E-state index in [2.05, 4.69) is 0 Å². The number of benzene rings is 2. The summed E-state index contributed by atoms with van der Waals surface area (Å²) in [6.45, 7) is 0. The molecule has 4 heteroatoms. The summed E-state index contributed by atoms with van der Waals surface area (Å²) in [5.74, 6) is -0.491. The predicted octanol–water partition coefficient (Wildman–Crippen LogP) is 3.22. The zero-order valence-corrected chi connectivity index (χ0v) is 10.6. The Morgan fingerprint density at radius 1 is 1.16 bits per heavy atom. The predicted molar refractivity (Wildman–Crippen MR) is 70.0 cm³/mol. The van der Waals surface area contributed by atoms with E-state index in [0.29, 0.717) is 12.0 Å². The van der Waals surface area contributed by atoms with Gasteiger partial charge in [0, 0.05) is 17.7 Å². The molecule has 0 aliphatic rings. The summed E-state index contributed by atoms with van der Waals surface area (Å²) in [7, 11) is 1.58. The highest BCUT2D eigenvalue weighted by atomic mass is 19.1. The molecule has 2 aromatic carbocycles. The molecule has 100 valence electrons. The van der Waals surface area contributed by atoms with Crippen LogP contribution in [-0.2, 0) is 6.42 Å². The minimum absolute atomic E-state index is 0.309. The Balaban J connectivity index is 2.17. The van der Waals surface area contributed by atoms with E-state index in [0.717, 1.165) is 17.4 Å². The third-order valence-electron chi connectivity index (χ3n) is 2.95. The molecule has 2 rings (SSSR count). The van der Waals surface area contributed by atoms with Crippen LogP contribution in [-0.4, -0.2) is 7.11 Å². The van der Waals surface area contributed by atoms with Crippen LogP contribution in [0.25, 0.3) is 0 Å². The first-order chi connectivity index (χ1) is 9.10. The largest absolute Gasteiger partial charge is 0.497 e. The summed E-state index contributed by atoms with van der Waals surface area (Å²) in [5, 5.41) is 0. The summed E-state index contributed by atoms with van der Waals surface area (Å²) in [6.07, 6.45) is 0.458. The van der Waals surface area contributed by atoms with E-state index >= 15 is 0 Å². The quantitative estimate of drug-likeness (QED) is 0.919. The third kappa shape index (κ3) is 3.29. The molecule has 0 saturated carbocycles. The number of halogens is 2. The van der Waals surface area contributed by atoms with Crippen LogP contribution in [0.1, 0.15) is 17.2 Å². The van der Waals surface area contributed by atoms with Crippen LogP contribution < -0.4 is 10.5 Å². The van der Waals surface area contributed by atoms with Gasteiger partial charge in [0.05, 0.1) is 7.11 Å². The molecule has 1 unspecified atom stereocenters. The molecule has 2 N–H and O–H groups in total. The van der Waals surface area contributed by atoms with Crippen LogP contribution in [0.4, 0.5) is 8.78 Å². The zero-order valence-electron chi connectivity index (χ0n) is 10.6. The fraction of sp³-hybridized carbons (Fsp3) is 0.200. The molecular formula is C15H15F2NO. The monoisotopic (exact) mass is 263 g/mol. The Kier molecular flexibility index (Phi) is 4.12. The fourth-order valence-electron chi connectivity index (χ4n) is 1.97. The van der Waals surface area contributed by atoms with E-state index in [-0.39, 0.29) is 0 Å². The standard InChI is InChI=1S/C15H15F2NO/c1-19-12-4-2-3-10(7-12)8-15(18)13-6-5-11(16)9-14(13)17/h2-7,9,15H,8,18H2,1H3. The van der Waals surface area contributed by atoms with E-state index in [4.69, 9.17) is 10.5 Å².